The fourth-order valence-electron chi connectivity index (χ4n) is 4.70. The lowest BCUT2D eigenvalue weighted by molar-refractivity contribution is -0.137. The molecule has 11 heteroatoms. The van der Waals surface area contributed by atoms with Gasteiger partial charge in [-0.15, -0.1) is 0 Å². The minimum absolute atomic E-state index is 0.149. The Balaban J connectivity index is 1.52. The first-order valence-electron chi connectivity index (χ1n) is 11.8. The molecule has 192 valence electrons. The third-order valence-electron chi connectivity index (χ3n) is 6.22. The van der Waals surface area contributed by atoms with Crippen LogP contribution in [0.5, 0.6) is 0 Å². The second-order valence-corrected chi connectivity index (χ2v) is 9.62. The number of pyridine rings is 1. The number of amides is 1. The first kappa shape index (κ1) is 24.5. The molecule has 5 aromatic rings. The van der Waals surface area contributed by atoms with E-state index in [0.717, 1.165) is 23.8 Å². The van der Waals surface area contributed by atoms with Crippen LogP contribution in [0, 0.1) is 19.8 Å². The van der Waals surface area contributed by atoms with E-state index in [1.165, 1.54) is 16.7 Å². The van der Waals surface area contributed by atoms with Crippen LogP contribution < -0.4 is 5.73 Å². The molecule has 1 amide bonds. The number of halogens is 3. The Labute approximate surface area is 210 Å². The molecule has 4 heterocycles. The molecule has 2 N–H and O–H groups in total. The van der Waals surface area contributed by atoms with Crippen molar-refractivity contribution in [3.8, 4) is 0 Å². The largest absolute Gasteiger partial charge is 0.417 e. The van der Waals surface area contributed by atoms with Gasteiger partial charge in [0.1, 0.15) is 22.8 Å². The number of anilines is 1. The lowest BCUT2D eigenvalue weighted by atomic mass is 10.1. The monoisotopic (exact) mass is 509 g/mol. The van der Waals surface area contributed by atoms with Gasteiger partial charge in [0, 0.05) is 24.5 Å². The molecule has 0 unspecified atom stereocenters. The Morgan fingerprint density at radius 1 is 1.08 bits per heavy atom. The quantitative estimate of drug-likeness (QED) is 0.358. The number of hydrogen-bond acceptors (Lipinski definition) is 5. The maximum absolute atomic E-state index is 13.7. The second-order valence-electron chi connectivity index (χ2n) is 9.62. The second kappa shape index (κ2) is 8.75. The number of nitrogens with two attached hydrogens (primary N) is 1. The van der Waals surface area contributed by atoms with E-state index in [-0.39, 0.29) is 18.4 Å². The molecule has 0 bridgehead atoms. The lowest BCUT2D eigenvalue weighted by Crippen LogP contribution is -2.34. The number of aryl methyl sites for hydroxylation is 2. The Kier molecular flexibility index (Phi) is 5.81. The topological polar surface area (TPSA) is 93.8 Å². The number of hydrogen-bond donors (Lipinski definition) is 1. The van der Waals surface area contributed by atoms with E-state index in [1.54, 1.807) is 23.1 Å². The SMILES string of the molecule is Cc1nc(C)n2c1c(N)nc1ccc(C(=O)N(Cc3cn4cc(C(F)(F)F)ccc4n3)CC(C)C)cc12. The van der Waals surface area contributed by atoms with Crippen molar-refractivity contribution in [2.75, 3.05) is 12.3 Å². The summed E-state index contributed by atoms with van der Waals surface area (Å²) in [6, 6.07) is 7.56. The van der Waals surface area contributed by atoms with Gasteiger partial charge in [0.05, 0.1) is 34.5 Å². The van der Waals surface area contributed by atoms with Crippen molar-refractivity contribution in [3.63, 3.8) is 0 Å². The fourth-order valence-corrected chi connectivity index (χ4v) is 4.70. The molecule has 4 aromatic heterocycles. The number of carbonyl (C=O) groups excluding carboxylic acids is 1. The van der Waals surface area contributed by atoms with Gasteiger partial charge in [-0.2, -0.15) is 13.2 Å². The van der Waals surface area contributed by atoms with Crippen molar-refractivity contribution in [2.45, 2.75) is 40.4 Å². The highest BCUT2D eigenvalue weighted by molar-refractivity contribution is 5.98. The Morgan fingerprint density at radius 3 is 2.54 bits per heavy atom. The van der Waals surface area contributed by atoms with Gasteiger partial charge in [-0.1, -0.05) is 13.8 Å². The molecule has 5 rings (SSSR count). The molecule has 1 aromatic carbocycles. The summed E-state index contributed by atoms with van der Waals surface area (Å²) in [6.07, 6.45) is -1.92. The van der Waals surface area contributed by atoms with E-state index in [2.05, 4.69) is 15.0 Å². The van der Waals surface area contributed by atoms with Crippen molar-refractivity contribution in [2.24, 2.45) is 5.92 Å². The number of benzene rings is 1. The Bertz CT molecular complexity index is 1670. The van der Waals surface area contributed by atoms with E-state index < -0.39 is 11.7 Å². The molecular formula is C26H26F3N7O. The molecule has 0 saturated carbocycles. The number of carbonyl (C=O) groups is 1. The molecule has 37 heavy (non-hydrogen) atoms. The number of fused-ring (bicyclic) bond motifs is 4. The van der Waals surface area contributed by atoms with Crippen LogP contribution >= 0.6 is 0 Å². The number of alkyl halides is 3. The zero-order valence-corrected chi connectivity index (χ0v) is 20.8. The average Bonchev–Trinajstić information content (AvgIpc) is 3.36. The number of rotatable bonds is 5. The van der Waals surface area contributed by atoms with Crippen LogP contribution in [0.1, 0.15) is 47.0 Å². The van der Waals surface area contributed by atoms with Gasteiger partial charge in [-0.05, 0) is 50.1 Å². The van der Waals surface area contributed by atoms with Gasteiger partial charge in [0.25, 0.3) is 5.91 Å². The maximum atomic E-state index is 13.7. The number of imidazole rings is 2. The molecule has 0 aliphatic rings. The minimum Gasteiger partial charge on any atom is -0.382 e. The van der Waals surface area contributed by atoms with Gasteiger partial charge in [0.2, 0.25) is 0 Å². The van der Waals surface area contributed by atoms with Gasteiger partial charge in [-0.3, -0.25) is 9.20 Å². The van der Waals surface area contributed by atoms with Crippen molar-refractivity contribution < 1.29 is 18.0 Å². The van der Waals surface area contributed by atoms with Gasteiger partial charge in [0.15, 0.2) is 0 Å². The summed E-state index contributed by atoms with van der Waals surface area (Å²) in [6.45, 7) is 8.31. The highest BCUT2D eigenvalue weighted by Crippen LogP contribution is 2.29. The summed E-state index contributed by atoms with van der Waals surface area (Å²) < 4.78 is 42.6. The van der Waals surface area contributed by atoms with E-state index in [1.807, 2.05) is 32.1 Å². The molecule has 0 aliphatic carbocycles. The predicted octanol–water partition coefficient (Wildman–Crippen LogP) is 5.05. The Hall–Kier alpha value is -4.15. The smallest absolute Gasteiger partial charge is 0.382 e. The van der Waals surface area contributed by atoms with Crippen molar-refractivity contribution in [3.05, 3.63) is 71.1 Å². The average molecular weight is 510 g/mol. The number of aromatic nitrogens is 5. The summed E-state index contributed by atoms with van der Waals surface area (Å²) >= 11 is 0. The molecule has 0 aliphatic heterocycles. The number of nitrogens with zero attached hydrogens (tertiary/aromatic N) is 6. The summed E-state index contributed by atoms with van der Waals surface area (Å²) in [5.74, 6) is 1.04. The highest BCUT2D eigenvalue weighted by Gasteiger charge is 2.31. The zero-order chi connectivity index (χ0) is 26.6. The Morgan fingerprint density at radius 2 is 1.84 bits per heavy atom. The summed E-state index contributed by atoms with van der Waals surface area (Å²) in [4.78, 5) is 28.8. The standard InChI is InChI=1S/C26H26F3N7O/c1-14(2)10-35(13-19-12-34-11-18(26(27,28)29)6-8-22(34)32-19)25(37)17-5-7-20-21(9-17)36-16(4)31-15(3)23(36)24(30)33-20/h5-9,11-12,14H,10,13H2,1-4H3,(H2,30,33). The van der Waals surface area contributed by atoms with Gasteiger partial charge < -0.3 is 15.0 Å². The van der Waals surface area contributed by atoms with E-state index in [0.29, 0.717) is 45.8 Å². The zero-order valence-electron chi connectivity index (χ0n) is 20.8. The summed E-state index contributed by atoms with van der Waals surface area (Å²) in [7, 11) is 0. The normalized spacial score (nSPS) is 12.3. The van der Waals surface area contributed by atoms with Crippen LogP contribution in [0.15, 0.2) is 42.7 Å². The first-order valence-corrected chi connectivity index (χ1v) is 11.8. The van der Waals surface area contributed by atoms with Crippen LogP contribution in [0.3, 0.4) is 0 Å². The van der Waals surface area contributed by atoms with Crippen LogP contribution in [0.25, 0.3) is 22.2 Å². The van der Waals surface area contributed by atoms with Crippen molar-refractivity contribution in [1.82, 2.24) is 28.7 Å². The van der Waals surface area contributed by atoms with Crippen molar-refractivity contribution in [1.29, 1.82) is 0 Å². The van der Waals surface area contributed by atoms with Crippen LogP contribution in [0.2, 0.25) is 0 Å². The molecule has 0 spiro atoms. The third-order valence-corrected chi connectivity index (χ3v) is 6.22. The van der Waals surface area contributed by atoms with Crippen LogP contribution in [-0.2, 0) is 12.7 Å². The highest BCUT2D eigenvalue weighted by atomic mass is 19.4. The predicted molar refractivity (Wildman–Crippen MR) is 134 cm³/mol. The van der Waals surface area contributed by atoms with Crippen LogP contribution in [0.4, 0.5) is 19.0 Å². The van der Waals surface area contributed by atoms with E-state index >= 15 is 0 Å². The van der Waals surface area contributed by atoms with Gasteiger partial charge >= 0.3 is 6.18 Å². The minimum atomic E-state index is -4.45. The molecule has 0 saturated heterocycles. The summed E-state index contributed by atoms with van der Waals surface area (Å²) in [5.41, 5.74) is 9.54. The van der Waals surface area contributed by atoms with E-state index in [4.69, 9.17) is 5.73 Å². The molecule has 0 radical (unpaired) electrons. The van der Waals surface area contributed by atoms with E-state index in [9.17, 15) is 18.0 Å². The maximum Gasteiger partial charge on any atom is 0.417 e. The first-order chi connectivity index (χ1) is 17.4. The van der Waals surface area contributed by atoms with Crippen LogP contribution in [-0.4, -0.2) is 41.1 Å². The van der Waals surface area contributed by atoms with Crippen molar-refractivity contribution >= 4 is 33.9 Å². The molecule has 8 nitrogen and oxygen atoms in total. The molecule has 0 atom stereocenters. The fraction of sp³-hybridized carbons (Fsp3) is 0.308. The summed E-state index contributed by atoms with van der Waals surface area (Å²) in [5, 5.41) is 0. The lowest BCUT2D eigenvalue weighted by Gasteiger charge is -2.24. The molecule has 0 fully saturated rings. The number of nitrogen functional groups attached to an aromatic ring is 1. The van der Waals surface area contributed by atoms with Gasteiger partial charge in [-0.25, -0.2) is 15.0 Å². The molecular weight excluding hydrogens is 483 g/mol. The third kappa shape index (κ3) is 4.45.